The number of carbonyl (C=O) groups excluding carboxylic acids is 3. The lowest BCUT2D eigenvalue weighted by Crippen LogP contribution is -2.55. The van der Waals surface area contributed by atoms with Gasteiger partial charge in [-0.05, 0) is 37.8 Å². The van der Waals surface area contributed by atoms with Crippen LogP contribution in [-0.2, 0) is 14.4 Å². The molecule has 0 saturated carbocycles. The molecular formula is C21H31N3O6. The molecule has 30 heavy (non-hydrogen) atoms. The normalized spacial score (nSPS) is 13.8. The summed E-state index contributed by atoms with van der Waals surface area (Å²) in [4.78, 5) is 50.2. The van der Waals surface area contributed by atoms with Gasteiger partial charge in [-0.2, -0.15) is 0 Å². The summed E-state index contributed by atoms with van der Waals surface area (Å²) in [5.74, 6) is -2.74. The van der Waals surface area contributed by atoms with Crippen molar-refractivity contribution in [2.24, 2.45) is 5.92 Å². The molecule has 1 rings (SSSR count). The minimum atomic E-state index is -1.12. The number of carbonyl (C=O) groups is 4. The third-order valence-corrected chi connectivity index (χ3v) is 4.60. The lowest BCUT2D eigenvalue weighted by molar-refractivity contribution is -0.150. The molecule has 0 saturated heterocycles. The summed E-state index contributed by atoms with van der Waals surface area (Å²) < 4.78 is 0. The van der Waals surface area contributed by atoms with Crippen molar-refractivity contribution in [1.29, 1.82) is 0 Å². The van der Waals surface area contributed by atoms with Crippen LogP contribution in [0, 0.1) is 5.92 Å². The number of nitrogens with zero attached hydrogens (tertiary/aromatic N) is 1. The number of nitrogens with one attached hydrogen (secondary N) is 2. The number of aliphatic carboxylic acids is 1. The molecule has 9 heteroatoms. The molecule has 166 valence electrons. The van der Waals surface area contributed by atoms with E-state index < -0.39 is 41.8 Å². The molecule has 0 aromatic heterocycles. The van der Waals surface area contributed by atoms with Crippen molar-refractivity contribution in [3.8, 4) is 0 Å². The van der Waals surface area contributed by atoms with E-state index in [0.29, 0.717) is 5.56 Å². The Labute approximate surface area is 176 Å². The summed E-state index contributed by atoms with van der Waals surface area (Å²) in [5, 5.41) is 23.7. The number of aliphatic hydroxyl groups excluding tert-OH is 1. The topological polar surface area (TPSA) is 136 Å². The molecule has 0 spiro atoms. The van der Waals surface area contributed by atoms with Gasteiger partial charge in [0.1, 0.15) is 18.1 Å². The van der Waals surface area contributed by atoms with E-state index in [0.717, 1.165) is 4.90 Å². The molecule has 9 nitrogen and oxygen atoms in total. The largest absolute Gasteiger partial charge is 0.480 e. The molecule has 3 amide bonds. The minimum Gasteiger partial charge on any atom is -0.480 e. The maximum atomic E-state index is 12.6. The van der Waals surface area contributed by atoms with Crippen LogP contribution in [0.3, 0.4) is 0 Å². The van der Waals surface area contributed by atoms with Crippen molar-refractivity contribution in [3.63, 3.8) is 0 Å². The van der Waals surface area contributed by atoms with Crippen LogP contribution in [0.5, 0.6) is 0 Å². The van der Waals surface area contributed by atoms with Crippen LogP contribution < -0.4 is 10.6 Å². The third-order valence-electron chi connectivity index (χ3n) is 4.60. The quantitative estimate of drug-likeness (QED) is 0.414. The monoisotopic (exact) mass is 421 g/mol. The highest BCUT2D eigenvalue weighted by Gasteiger charge is 2.31. The SMILES string of the molecule is CC(C)C[C@@H](C(=O)O)N(C)C(=O)[C@@H](C)NC(=O)[C@H](CCO)NC(=O)c1ccccc1. The van der Waals surface area contributed by atoms with Gasteiger partial charge < -0.3 is 25.7 Å². The molecule has 0 bridgehead atoms. The Morgan fingerprint density at radius 3 is 2.13 bits per heavy atom. The van der Waals surface area contributed by atoms with Gasteiger partial charge in [-0.1, -0.05) is 32.0 Å². The Kier molecular flexibility index (Phi) is 9.97. The van der Waals surface area contributed by atoms with Gasteiger partial charge in [0, 0.05) is 19.2 Å². The van der Waals surface area contributed by atoms with Gasteiger partial charge in [0.25, 0.3) is 5.91 Å². The third kappa shape index (κ3) is 7.47. The molecule has 1 aromatic carbocycles. The van der Waals surface area contributed by atoms with Crippen LogP contribution in [0.25, 0.3) is 0 Å². The highest BCUT2D eigenvalue weighted by atomic mass is 16.4. The molecule has 1 aromatic rings. The predicted molar refractivity (Wildman–Crippen MR) is 111 cm³/mol. The molecule has 0 aliphatic heterocycles. The van der Waals surface area contributed by atoms with Crippen LogP contribution in [0.2, 0.25) is 0 Å². The summed E-state index contributed by atoms with van der Waals surface area (Å²) in [5.41, 5.74) is 0.357. The van der Waals surface area contributed by atoms with Gasteiger partial charge in [0.05, 0.1) is 0 Å². The number of hydrogen-bond donors (Lipinski definition) is 4. The first-order valence-electron chi connectivity index (χ1n) is 9.85. The fourth-order valence-corrected chi connectivity index (χ4v) is 2.93. The molecule has 0 aliphatic rings. The standard InChI is InChI=1S/C21H31N3O6/c1-13(2)12-17(21(29)30)24(4)20(28)14(3)22-19(27)16(10-11-25)23-18(26)15-8-6-5-7-9-15/h5-9,13-14,16-17,25H,10-12H2,1-4H3,(H,22,27)(H,23,26)(H,29,30)/t14-,16+,17+/m1/s1. The summed E-state index contributed by atoms with van der Waals surface area (Å²) >= 11 is 0. The fraction of sp³-hybridized carbons (Fsp3) is 0.524. The number of carboxylic acid groups (broad SMARTS) is 1. The van der Waals surface area contributed by atoms with E-state index in [1.807, 2.05) is 13.8 Å². The van der Waals surface area contributed by atoms with Gasteiger partial charge in [-0.15, -0.1) is 0 Å². The second kappa shape index (κ2) is 11.9. The highest BCUT2D eigenvalue weighted by molar-refractivity contribution is 5.98. The lowest BCUT2D eigenvalue weighted by atomic mass is 10.0. The first-order chi connectivity index (χ1) is 14.1. The van der Waals surface area contributed by atoms with E-state index in [1.54, 1.807) is 30.3 Å². The lowest BCUT2D eigenvalue weighted by Gasteiger charge is -2.29. The highest BCUT2D eigenvalue weighted by Crippen LogP contribution is 2.12. The van der Waals surface area contributed by atoms with Gasteiger partial charge in [0.15, 0.2) is 0 Å². The second-order valence-corrected chi connectivity index (χ2v) is 7.57. The van der Waals surface area contributed by atoms with Crippen molar-refractivity contribution in [2.45, 2.75) is 51.7 Å². The number of carboxylic acids is 1. The molecule has 0 radical (unpaired) electrons. The van der Waals surface area contributed by atoms with E-state index in [4.69, 9.17) is 0 Å². The summed E-state index contributed by atoms with van der Waals surface area (Å²) in [7, 11) is 1.38. The van der Waals surface area contributed by atoms with E-state index in [1.165, 1.54) is 14.0 Å². The smallest absolute Gasteiger partial charge is 0.326 e. The number of likely N-dealkylation sites (N-methyl/N-ethyl adjacent to an activating group) is 1. The van der Waals surface area contributed by atoms with Crippen LogP contribution in [0.1, 0.15) is 44.0 Å². The van der Waals surface area contributed by atoms with E-state index in [-0.39, 0.29) is 25.4 Å². The van der Waals surface area contributed by atoms with Gasteiger partial charge in [0.2, 0.25) is 11.8 Å². The number of amides is 3. The van der Waals surface area contributed by atoms with E-state index in [9.17, 15) is 29.4 Å². The van der Waals surface area contributed by atoms with Crippen molar-refractivity contribution in [3.05, 3.63) is 35.9 Å². The minimum absolute atomic E-state index is 0.0355. The Balaban J connectivity index is 2.81. The number of benzene rings is 1. The molecular weight excluding hydrogens is 390 g/mol. The average Bonchev–Trinajstić information content (AvgIpc) is 2.70. The first kappa shape index (κ1) is 25.1. The van der Waals surface area contributed by atoms with Crippen LogP contribution >= 0.6 is 0 Å². The zero-order valence-electron chi connectivity index (χ0n) is 17.8. The van der Waals surface area contributed by atoms with Crippen molar-refractivity contribution in [2.75, 3.05) is 13.7 Å². The number of rotatable bonds is 11. The first-order valence-corrected chi connectivity index (χ1v) is 9.85. The zero-order valence-corrected chi connectivity index (χ0v) is 17.8. The number of hydrogen-bond acceptors (Lipinski definition) is 5. The van der Waals surface area contributed by atoms with Gasteiger partial charge >= 0.3 is 5.97 Å². The predicted octanol–water partition coefficient (Wildman–Crippen LogP) is 0.630. The zero-order chi connectivity index (χ0) is 22.8. The van der Waals surface area contributed by atoms with E-state index >= 15 is 0 Å². The molecule has 0 heterocycles. The van der Waals surface area contributed by atoms with Crippen molar-refractivity contribution < 1.29 is 29.4 Å². The fourth-order valence-electron chi connectivity index (χ4n) is 2.93. The van der Waals surface area contributed by atoms with Gasteiger partial charge in [-0.25, -0.2) is 4.79 Å². The Morgan fingerprint density at radius 1 is 1.03 bits per heavy atom. The number of aliphatic hydroxyl groups is 1. The molecule has 0 fully saturated rings. The second-order valence-electron chi connectivity index (χ2n) is 7.57. The molecule has 0 aliphatic carbocycles. The van der Waals surface area contributed by atoms with Crippen molar-refractivity contribution >= 4 is 23.7 Å². The average molecular weight is 421 g/mol. The van der Waals surface area contributed by atoms with Crippen LogP contribution in [0.4, 0.5) is 0 Å². The molecule has 0 unspecified atom stereocenters. The van der Waals surface area contributed by atoms with E-state index in [2.05, 4.69) is 10.6 Å². The Hall–Kier alpha value is -2.94. The maximum absolute atomic E-state index is 12.6. The van der Waals surface area contributed by atoms with Crippen molar-refractivity contribution in [1.82, 2.24) is 15.5 Å². The summed E-state index contributed by atoms with van der Waals surface area (Å²) in [6.45, 7) is 4.81. The van der Waals surface area contributed by atoms with Crippen LogP contribution in [0.15, 0.2) is 30.3 Å². The van der Waals surface area contributed by atoms with Gasteiger partial charge in [-0.3, -0.25) is 14.4 Å². The Bertz CT molecular complexity index is 738. The molecule has 4 N–H and O–H groups in total. The summed E-state index contributed by atoms with van der Waals surface area (Å²) in [6, 6.07) is 5.23. The van der Waals surface area contributed by atoms with Crippen LogP contribution in [-0.4, -0.2) is 70.6 Å². The Morgan fingerprint density at radius 2 is 1.63 bits per heavy atom. The maximum Gasteiger partial charge on any atom is 0.326 e. The molecule has 3 atom stereocenters. The summed E-state index contributed by atoms with van der Waals surface area (Å²) in [6.07, 6.45) is 0.241.